The number of carbonyl (C=O) groups is 2. The summed E-state index contributed by atoms with van der Waals surface area (Å²) < 4.78 is 1.78. The number of aliphatic hydroxyl groups is 1. The largest absolute Gasteiger partial charge is 0.505 e. The number of likely N-dealkylation sites (N-methyl/N-ethyl adjacent to an activating group) is 1. The molecule has 0 bridgehead atoms. The first-order valence-corrected chi connectivity index (χ1v) is 10.6. The van der Waals surface area contributed by atoms with Gasteiger partial charge in [0.2, 0.25) is 0 Å². The van der Waals surface area contributed by atoms with Crippen LogP contribution < -0.4 is 0 Å². The molecular formula is C25H28N4O3. The summed E-state index contributed by atoms with van der Waals surface area (Å²) in [5.41, 5.74) is 4.66. The number of nitrogens with zero attached hydrogens (tertiary/aromatic N) is 4. The predicted octanol–water partition coefficient (Wildman–Crippen LogP) is 3.24. The minimum atomic E-state index is -0.672. The molecule has 0 aliphatic carbocycles. The molecule has 2 aromatic heterocycles. The summed E-state index contributed by atoms with van der Waals surface area (Å²) in [6.07, 6.45) is 1.81. The second-order valence-electron chi connectivity index (χ2n) is 8.64. The Morgan fingerprint density at radius 2 is 1.78 bits per heavy atom. The van der Waals surface area contributed by atoms with Crippen molar-refractivity contribution in [1.29, 1.82) is 0 Å². The predicted molar refractivity (Wildman–Crippen MR) is 123 cm³/mol. The lowest BCUT2D eigenvalue weighted by molar-refractivity contribution is -0.140. The van der Waals surface area contributed by atoms with Crippen molar-refractivity contribution < 1.29 is 14.7 Å². The molecular weight excluding hydrogens is 404 g/mol. The molecule has 0 spiro atoms. The molecule has 4 rings (SSSR count). The van der Waals surface area contributed by atoms with Crippen molar-refractivity contribution in [3.8, 4) is 0 Å². The van der Waals surface area contributed by atoms with Gasteiger partial charge < -0.3 is 14.9 Å². The molecule has 1 aliphatic rings. The summed E-state index contributed by atoms with van der Waals surface area (Å²) in [6, 6.07) is 10.9. The third-order valence-electron chi connectivity index (χ3n) is 5.96. The summed E-state index contributed by atoms with van der Waals surface area (Å²) >= 11 is 0. The van der Waals surface area contributed by atoms with Gasteiger partial charge in [0.15, 0.2) is 5.76 Å². The van der Waals surface area contributed by atoms with Crippen molar-refractivity contribution in [3.05, 3.63) is 76.2 Å². The molecule has 0 radical (unpaired) electrons. The fourth-order valence-corrected chi connectivity index (χ4v) is 4.24. The van der Waals surface area contributed by atoms with Crippen LogP contribution in [0.3, 0.4) is 0 Å². The number of fused-ring (bicyclic) bond motifs is 1. The minimum absolute atomic E-state index is 0.101. The second kappa shape index (κ2) is 8.24. The Kier molecular flexibility index (Phi) is 5.60. The zero-order valence-electron chi connectivity index (χ0n) is 19.1. The number of amides is 1. The highest BCUT2D eigenvalue weighted by Crippen LogP contribution is 2.40. The summed E-state index contributed by atoms with van der Waals surface area (Å²) in [5, 5.41) is 11.5. The Morgan fingerprint density at radius 3 is 2.44 bits per heavy atom. The molecule has 166 valence electrons. The van der Waals surface area contributed by atoms with E-state index in [-0.39, 0.29) is 11.3 Å². The van der Waals surface area contributed by atoms with Crippen LogP contribution in [0.5, 0.6) is 0 Å². The lowest BCUT2D eigenvalue weighted by atomic mass is 9.95. The molecule has 32 heavy (non-hydrogen) atoms. The lowest BCUT2D eigenvalue weighted by Gasteiger charge is -2.26. The molecule has 0 unspecified atom stereocenters. The maximum Gasteiger partial charge on any atom is 0.295 e. The first-order chi connectivity index (χ1) is 15.2. The van der Waals surface area contributed by atoms with E-state index in [9.17, 15) is 14.7 Å². The number of benzene rings is 1. The Bertz CT molecular complexity index is 1240. The molecule has 7 heteroatoms. The minimum Gasteiger partial charge on any atom is -0.505 e. The Morgan fingerprint density at radius 1 is 1.09 bits per heavy atom. The van der Waals surface area contributed by atoms with Crippen molar-refractivity contribution in [1.82, 2.24) is 19.2 Å². The number of carbonyl (C=O) groups excluding carboxylic acids is 2. The first kappa shape index (κ1) is 21.8. The average Bonchev–Trinajstić information content (AvgIpc) is 3.21. The van der Waals surface area contributed by atoms with Gasteiger partial charge in [0.1, 0.15) is 11.3 Å². The van der Waals surface area contributed by atoms with E-state index in [1.807, 2.05) is 69.2 Å². The normalized spacial score (nSPS) is 18.3. The van der Waals surface area contributed by atoms with Crippen LogP contribution in [0.1, 0.15) is 34.1 Å². The van der Waals surface area contributed by atoms with Gasteiger partial charge >= 0.3 is 0 Å². The molecule has 1 saturated heterocycles. The van der Waals surface area contributed by atoms with E-state index in [2.05, 4.69) is 4.98 Å². The van der Waals surface area contributed by atoms with Gasteiger partial charge in [-0.05, 0) is 52.1 Å². The van der Waals surface area contributed by atoms with Crippen LogP contribution in [-0.4, -0.2) is 63.2 Å². The van der Waals surface area contributed by atoms with E-state index in [1.54, 1.807) is 22.4 Å². The SMILES string of the molecule is Cc1ccc([C@@H]2/C(=C(\O)c3c(C)nc4c(C)cccn34)C(=O)C(=O)N2CCN(C)C)cc1. The van der Waals surface area contributed by atoms with E-state index in [0.717, 1.165) is 16.7 Å². The highest BCUT2D eigenvalue weighted by Gasteiger charge is 2.46. The number of rotatable bonds is 5. The smallest absolute Gasteiger partial charge is 0.295 e. The summed E-state index contributed by atoms with van der Waals surface area (Å²) in [7, 11) is 3.84. The van der Waals surface area contributed by atoms with Gasteiger partial charge in [-0.3, -0.25) is 14.0 Å². The van der Waals surface area contributed by atoms with Crippen LogP contribution in [-0.2, 0) is 9.59 Å². The maximum atomic E-state index is 13.2. The number of imidazole rings is 1. The number of Topliss-reactive ketones (excluding diaryl/α,β-unsaturated/α-hetero) is 1. The Labute approximate surface area is 187 Å². The third-order valence-corrected chi connectivity index (χ3v) is 5.96. The number of aliphatic hydroxyl groups excluding tert-OH is 1. The number of aryl methyl sites for hydroxylation is 3. The van der Waals surface area contributed by atoms with Gasteiger partial charge in [0, 0.05) is 19.3 Å². The maximum absolute atomic E-state index is 13.2. The number of likely N-dealkylation sites (tertiary alicyclic amines) is 1. The Balaban J connectivity index is 1.94. The summed E-state index contributed by atoms with van der Waals surface area (Å²) in [6.45, 7) is 6.70. The number of hydrogen-bond acceptors (Lipinski definition) is 5. The number of aromatic nitrogens is 2. The summed E-state index contributed by atoms with van der Waals surface area (Å²) in [5.74, 6) is -1.47. The van der Waals surface area contributed by atoms with Crippen molar-refractivity contribution in [2.75, 3.05) is 27.2 Å². The van der Waals surface area contributed by atoms with Crippen LogP contribution in [0.15, 0.2) is 48.2 Å². The van der Waals surface area contributed by atoms with Crippen molar-refractivity contribution in [2.45, 2.75) is 26.8 Å². The van der Waals surface area contributed by atoms with Crippen molar-refractivity contribution in [2.24, 2.45) is 0 Å². The molecule has 1 aliphatic heterocycles. The first-order valence-electron chi connectivity index (χ1n) is 10.6. The Hall–Kier alpha value is -3.45. The molecule has 3 heterocycles. The van der Waals surface area contributed by atoms with Gasteiger partial charge in [-0.15, -0.1) is 0 Å². The average molecular weight is 433 g/mol. The second-order valence-corrected chi connectivity index (χ2v) is 8.64. The van der Waals surface area contributed by atoms with Gasteiger partial charge in [-0.25, -0.2) is 4.98 Å². The van der Waals surface area contributed by atoms with Crippen molar-refractivity contribution >= 4 is 23.1 Å². The molecule has 1 amide bonds. The van der Waals surface area contributed by atoms with E-state index in [0.29, 0.717) is 30.1 Å². The number of hydrogen-bond donors (Lipinski definition) is 1. The third kappa shape index (κ3) is 3.58. The highest BCUT2D eigenvalue weighted by atomic mass is 16.3. The monoisotopic (exact) mass is 432 g/mol. The molecule has 1 aromatic carbocycles. The zero-order valence-corrected chi connectivity index (χ0v) is 19.1. The quantitative estimate of drug-likeness (QED) is 0.380. The molecule has 3 aromatic rings. The molecule has 1 N–H and O–H groups in total. The molecule has 1 fully saturated rings. The summed E-state index contributed by atoms with van der Waals surface area (Å²) in [4.78, 5) is 34.4. The van der Waals surface area contributed by atoms with Gasteiger partial charge in [-0.2, -0.15) is 0 Å². The molecule has 7 nitrogen and oxygen atoms in total. The van der Waals surface area contributed by atoms with Crippen LogP contribution >= 0.6 is 0 Å². The van der Waals surface area contributed by atoms with E-state index in [4.69, 9.17) is 0 Å². The van der Waals surface area contributed by atoms with Crippen LogP contribution in [0.25, 0.3) is 11.4 Å². The van der Waals surface area contributed by atoms with E-state index in [1.165, 1.54) is 0 Å². The lowest BCUT2D eigenvalue weighted by Crippen LogP contribution is -2.35. The zero-order chi connectivity index (χ0) is 23.2. The fraction of sp³-hybridized carbons (Fsp3) is 0.320. The van der Waals surface area contributed by atoms with E-state index < -0.39 is 17.7 Å². The topological polar surface area (TPSA) is 78.1 Å². The van der Waals surface area contributed by atoms with Crippen LogP contribution in [0.2, 0.25) is 0 Å². The van der Waals surface area contributed by atoms with Crippen LogP contribution in [0.4, 0.5) is 0 Å². The molecule has 1 atom stereocenters. The number of pyridine rings is 1. The van der Waals surface area contributed by atoms with Gasteiger partial charge in [0.25, 0.3) is 11.7 Å². The highest BCUT2D eigenvalue weighted by molar-refractivity contribution is 6.46. The standard InChI is InChI=1S/C25H28N4O3/c1-15-8-10-18(11-9-15)21-19(23(31)25(32)29(21)14-13-27(4)5)22(30)20-17(3)26-24-16(2)7-6-12-28(20)24/h6-12,21,30H,13-14H2,1-5H3/b22-19+/t21-/m1/s1. The molecule has 0 saturated carbocycles. The van der Waals surface area contributed by atoms with E-state index >= 15 is 0 Å². The number of ketones is 1. The van der Waals surface area contributed by atoms with Crippen LogP contribution in [0, 0.1) is 20.8 Å². The van der Waals surface area contributed by atoms with Gasteiger partial charge in [-0.1, -0.05) is 35.9 Å². The fourth-order valence-electron chi connectivity index (χ4n) is 4.24. The van der Waals surface area contributed by atoms with Gasteiger partial charge in [0.05, 0.1) is 17.3 Å². The van der Waals surface area contributed by atoms with Crippen molar-refractivity contribution in [3.63, 3.8) is 0 Å².